The molecule has 1 saturated carbocycles. The van der Waals surface area contributed by atoms with E-state index >= 15 is 0 Å². The highest BCUT2D eigenvalue weighted by molar-refractivity contribution is 4.93. The van der Waals surface area contributed by atoms with Gasteiger partial charge in [-0.25, -0.2) is 0 Å². The van der Waals surface area contributed by atoms with Crippen LogP contribution in [0.25, 0.3) is 0 Å². The maximum atomic E-state index is 9.75. The highest BCUT2D eigenvalue weighted by Crippen LogP contribution is 2.34. The van der Waals surface area contributed by atoms with Crippen LogP contribution in [0.4, 0.5) is 0 Å². The van der Waals surface area contributed by atoms with E-state index in [1.165, 1.54) is 25.7 Å². The van der Waals surface area contributed by atoms with Gasteiger partial charge in [0, 0.05) is 12.1 Å². The first kappa shape index (κ1) is 16.9. The van der Waals surface area contributed by atoms with Crippen molar-refractivity contribution in [1.82, 2.24) is 4.90 Å². The standard InChI is InChI=1S/C16H34N2O/c1-12(2)7-9-18(10-8-13(3)4)15(11-19)16(17)14-5-6-14/h12-16,19H,5-11,17H2,1-4H3. The summed E-state index contributed by atoms with van der Waals surface area (Å²) >= 11 is 0. The predicted molar refractivity (Wildman–Crippen MR) is 82.1 cm³/mol. The molecule has 1 fully saturated rings. The van der Waals surface area contributed by atoms with Gasteiger partial charge in [0.2, 0.25) is 0 Å². The number of nitrogens with two attached hydrogens (primary N) is 1. The molecular formula is C16H34N2O. The largest absolute Gasteiger partial charge is 0.395 e. The van der Waals surface area contributed by atoms with E-state index in [4.69, 9.17) is 5.73 Å². The molecule has 0 saturated heterocycles. The van der Waals surface area contributed by atoms with E-state index in [9.17, 15) is 5.11 Å². The Morgan fingerprint density at radius 3 is 1.84 bits per heavy atom. The topological polar surface area (TPSA) is 49.5 Å². The zero-order valence-corrected chi connectivity index (χ0v) is 13.3. The first-order chi connectivity index (χ1) is 8.95. The van der Waals surface area contributed by atoms with Gasteiger partial charge in [0.15, 0.2) is 0 Å². The van der Waals surface area contributed by atoms with Gasteiger partial charge in [-0.1, -0.05) is 27.7 Å². The Hall–Kier alpha value is -0.120. The molecule has 3 nitrogen and oxygen atoms in total. The number of hydrogen-bond acceptors (Lipinski definition) is 3. The average molecular weight is 270 g/mol. The molecule has 1 aliphatic rings. The summed E-state index contributed by atoms with van der Waals surface area (Å²) in [7, 11) is 0. The third-order valence-corrected chi connectivity index (χ3v) is 4.25. The summed E-state index contributed by atoms with van der Waals surface area (Å²) in [4.78, 5) is 2.45. The van der Waals surface area contributed by atoms with E-state index in [1.807, 2.05) is 0 Å². The molecule has 19 heavy (non-hydrogen) atoms. The Kier molecular flexibility index (Phi) is 7.33. The van der Waals surface area contributed by atoms with E-state index in [-0.39, 0.29) is 18.7 Å². The molecule has 0 bridgehead atoms. The van der Waals surface area contributed by atoms with Crippen LogP contribution in [-0.2, 0) is 0 Å². The van der Waals surface area contributed by atoms with Crippen LogP contribution in [0.15, 0.2) is 0 Å². The van der Waals surface area contributed by atoms with Crippen molar-refractivity contribution < 1.29 is 5.11 Å². The van der Waals surface area contributed by atoms with E-state index in [0.717, 1.165) is 13.1 Å². The van der Waals surface area contributed by atoms with Crippen LogP contribution in [0.3, 0.4) is 0 Å². The van der Waals surface area contributed by atoms with E-state index in [2.05, 4.69) is 32.6 Å². The van der Waals surface area contributed by atoms with Crippen molar-refractivity contribution in [3.63, 3.8) is 0 Å². The maximum absolute atomic E-state index is 9.75. The molecule has 0 aliphatic heterocycles. The Morgan fingerprint density at radius 2 is 1.53 bits per heavy atom. The van der Waals surface area contributed by atoms with Crippen molar-refractivity contribution in [2.75, 3.05) is 19.7 Å². The molecule has 0 amide bonds. The minimum absolute atomic E-state index is 0.157. The monoisotopic (exact) mass is 270 g/mol. The van der Waals surface area contributed by atoms with Gasteiger partial charge in [-0.05, 0) is 56.5 Å². The molecule has 1 aliphatic carbocycles. The molecule has 2 unspecified atom stereocenters. The van der Waals surface area contributed by atoms with Crippen molar-refractivity contribution in [2.45, 2.75) is 65.5 Å². The van der Waals surface area contributed by atoms with Crippen LogP contribution in [0.5, 0.6) is 0 Å². The summed E-state index contributed by atoms with van der Waals surface area (Å²) in [6, 6.07) is 0.314. The molecule has 0 spiro atoms. The summed E-state index contributed by atoms with van der Waals surface area (Å²) in [5, 5.41) is 9.75. The summed E-state index contributed by atoms with van der Waals surface area (Å²) in [5.41, 5.74) is 6.35. The molecule has 3 heteroatoms. The third kappa shape index (κ3) is 6.24. The highest BCUT2D eigenvalue weighted by Gasteiger charge is 2.36. The van der Waals surface area contributed by atoms with Crippen LogP contribution in [0, 0.1) is 17.8 Å². The van der Waals surface area contributed by atoms with Crippen LogP contribution in [0.1, 0.15) is 53.4 Å². The smallest absolute Gasteiger partial charge is 0.0602 e. The molecule has 3 N–H and O–H groups in total. The molecule has 0 radical (unpaired) electrons. The molecule has 0 heterocycles. The summed E-state index contributed by atoms with van der Waals surface area (Å²) < 4.78 is 0. The summed E-state index contributed by atoms with van der Waals surface area (Å²) in [5.74, 6) is 2.06. The van der Waals surface area contributed by atoms with Gasteiger partial charge in [-0.15, -0.1) is 0 Å². The second-order valence-electron chi connectivity index (χ2n) is 7.07. The first-order valence-electron chi connectivity index (χ1n) is 8.06. The van der Waals surface area contributed by atoms with Gasteiger partial charge in [-0.3, -0.25) is 4.90 Å². The lowest BCUT2D eigenvalue weighted by molar-refractivity contribution is 0.0895. The quantitative estimate of drug-likeness (QED) is 0.641. The summed E-state index contributed by atoms with van der Waals surface area (Å²) in [6.07, 6.45) is 4.87. The van der Waals surface area contributed by atoms with Crippen molar-refractivity contribution in [2.24, 2.45) is 23.5 Å². The highest BCUT2D eigenvalue weighted by atomic mass is 16.3. The van der Waals surface area contributed by atoms with Gasteiger partial charge >= 0.3 is 0 Å². The van der Waals surface area contributed by atoms with Gasteiger partial charge < -0.3 is 10.8 Å². The van der Waals surface area contributed by atoms with Crippen molar-refractivity contribution >= 4 is 0 Å². The number of rotatable bonds is 10. The van der Waals surface area contributed by atoms with E-state index in [1.54, 1.807) is 0 Å². The number of nitrogens with zero attached hydrogens (tertiary/aromatic N) is 1. The van der Waals surface area contributed by atoms with Crippen LogP contribution in [0.2, 0.25) is 0 Å². The van der Waals surface area contributed by atoms with Gasteiger partial charge in [0.1, 0.15) is 0 Å². The zero-order chi connectivity index (χ0) is 14.4. The molecule has 0 aromatic rings. The predicted octanol–water partition coefficient (Wildman–Crippen LogP) is 2.48. The first-order valence-corrected chi connectivity index (χ1v) is 8.06. The Labute approximate surface area is 119 Å². The number of aliphatic hydroxyl groups excluding tert-OH is 1. The van der Waals surface area contributed by atoms with Gasteiger partial charge in [-0.2, -0.15) is 0 Å². The van der Waals surface area contributed by atoms with E-state index < -0.39 is 0 Å². The molecule has 114 valence electrons. The Bertz CT molecular complexity index is 227. The lowest BCUT2D eigenvalue weighted by Crippen LogP contribution is -2.52. The van der Waals surface area contributed by atoms with Crippen LogP contribution < -0.4 is 5.73 Å². The SMILES string of the molecule is CC(C)CCN(CCC(C)C)C(CO)C(N)C1CC1. The third-order valence-electron chi connectivity index (χ3n) is 4.25. The van der Waals surface area contributed by atoms with Gasteiger partial charge in [0.05, 0.1) is 6.61 Å². The van der Waals surface area contributed by atoms with E-state index in [0.29, 0.717) is 17.8 Å². The molecular weight excluding hydrogens is 236 g/mol. The van der Waals surface area contributed by atoms with Gasteiger partial charge in [0.25, 0.3) is 0 Å². The maximum Gasteiger partial charge on any atom is 0.0602 e. The average Bonchev–Trinajstić information content (AvgIpc) is 3.15. The second-order valence-corrected chi connectivity index (χ2v) is 7.07. The van der Waals surface area contributed by atoms with Crippen molar-refractivity contribution in [3.8, 4) is 0 Å². The summed E-state index contributed by atoms with van der Waals surface area (Å²) in [6.45, 7) is 11.4. The fraction of sp³-hybridized carbons (Fsp3) is 1.00. The number of aliphatic hydroxyl groups is 1. The lowest BCUT2D eigenvalue weighted by Gasteiger charge is -2.35. The van der Waals surface area contributed by atoms with Crippen LogP contribution >= 0.6 is 0 Å². The van der Waals surface area contributed by atoms with Crippen molar-refractivity contribution in [1.29, 1.82) is 0 Å². The fourth-order valence-electron chi connectivity index (χ4n) is 2.57. The Morgan fingerprint density at radius 1 is 1.05 bits per heavy atom. The molecule has 0 aromatic carbocycles. The Balaban J connectivity index is 2.55. The zero-order valence-electron chi connectivity index (χ0n) is 13.3. The normalized spacial score (nSPS) is 19.4. The molecule has 2 atom stereocenters. The van der Waals surface area contributed by atoms with Crippen molar-refractivity contribution in [3.05, 3.63) is 0 Å². The number of hydrogen-bond donors (Lipinski definition) is 2. The second kappa shape index (κ2) is 8.23. The molecule has 0 aromatic heterocycles. The fourth-order valence-corrected chi connectivity index (χ4v) is 2.57. The van der Waals surface area contributed by atoms with Crippen LogP contribution in [-0.4, -0.2) is 41.8 Å². The lowest BCUT2D eigenvalue weighted by atomic mass is 10.0. The minimum atomic E-state index is 0.157. The molecule has 1 rings (SSSR count). The minimum Gasteiger partial charge on any atom is -0.395 e.